The van der Waals surface area contributed by atoms with E-state index in [9.17, 15) is 18.8 Å². The van der Waals surface area contributed by atoms with Crippen LogP contribution in [-0.4, -0.2) is 27.1 Å². The zero-order valence-corrected chi connectivity index (χ0v) is 15.8. The van der Waals surface area contributed by atoms with Crippen LogP contribution in [0.25, 0.3) is 11.3 Å². The van der Waals surface area contributed by atoms with Crippen molar-refractivity contribution in [3.05, 3.63) is 76.5 Å². The molecular weight excluding hydrogens is 374 g/mol. The number of fused-ring (bicyclic) bond motifs is 1. The van der Waals surface area contributed by atoms with E-state index in [0.29, 0.717) is 36.3 Å². The van der Waals surface area contributed by atoms with Crippen LogP contribution >= 0.6 is 0 Å². The van der Waals surface area contributed by atoms with E-state index in [4.69, 9.17) is 5.10 Å². The molecule has 1 aliphatic heterocycles. The van der Waals surface area contributed by atoms with Crippen molar-refractivity contribution in [2.24, 2.45) is 0 Å². The van der Waals surface area contributed by atoms with Crippen LogP contribution < -0.4 is 0 Å². The molecule has 0 bridgehead atoms. The van der Waals surface area contributed by atoms with Gasteiger partial charge in [0.05, 0.1) is 23.9 Å². The molecule has 5 nitrogen and oxygen atoms in total. The maximum Gasteiger partial charge on any atom is 0.219 e. The summed E-state index contributed by atoms with van der Waals surface area (Å²) in [6.07, 6.45) is 0.586. The SMILES string of the molecule is CC(=O)N1CCc2c(c(-c3cccc(C#N)c3)nn2Cc2ccc(F)cc2F)C1. The van der Waals surface area contributed by atoms with Gasteiger partial charge in [0, 0.05) is 54.9 Å². The van der Waals surface area contributed by atoms with Gasteiger partial charge in [0.1, 0.15) is 11.6 Å². The van der Waals surface area contributed by atoms with E-state index >= 15 is 0 Å². The van der Waals surface area contributed by atoms with Crippen molar-refractivity contribution in [1.82, 2.24) is 14.7 Å². The minimum Gasteiger partial charge on any atom is -0.338 e. The number of hydrogen-bond acceptors (Lipinski definition) is 3. The van der Waals surface area contributed by atoms with Crippen molar-refractivity contribution in [2.45, 2.75) is 26.4 Å². The second-order valence-electron chi connectivity index (χ2n) is 7.05. The third-order valence-corrected chi connectivity index (χ3v) is 5.18. The number of carbonyl (C=O) groups is 1. The van der Waals surface area contributed by atoms with Crippen LogP contribution in [-0.2, 0) is 24.3 Å². The molecule has 0 spiro atoms. The molecule has 0 N–H and O–H groups in total. The molecule has 2 heterocycles. The zero-order chi connectivity index (χ0) is 20.5. The van der Waals surface area contributed by atoms with Crippen LogP contribution in [0.15, 0.2) is 42.5 Å². The summed E-state index contributed by atoms with van der Waals surface area (Å²) in [6.45, 7) is 2.64. The Kier molecular flexibility index (Phi) is 4.85. The molecule has 1 aliphatic rings. The van der Waals surface area contributed by atoms with E-state index in [0.717, 1.165) is 22.9 Å². The number of nitrogens with zero attached hydrogens (tertiary/aromatic N) is 4. The summed E-state index contributed by atoms with van der Waals surface area (Å²) in [5, 5.41) is 13.9. The van der Waals surface area contributed by atoms with Crippen LogP contribution in [0.5, 0.6) is 0 Å². The molecule has 4 rings (SSSR count). The molecule has 0 aliphatic carbocycles. The van der Waals surface area contributed by atoms with Gasteiger partial charge >= 0.3 is 0 Å². The second kappa shape index (κ2) is 7.47. The molecule has 0 unspecified atom stereocenters. The summed E-state index contributed by atoms with van der Waals surface area (Å²) in [4.78, 5) is 13.6. The van der Waals surface area contributed by atoms with Gasteiger partial charge in [-0.3, -0.25) is 9.48 Å². The molecule has 1 aromatic heterocycles. The van der Waals surface area contributed by atoms with Gasteiger partial charge in [-0.15, -0.1) is 0 Å². The van der Waals surface area contributed by atoms with Crippen molar-refractivity contribution in [3.8, 4) is 17.3 Å². The minimum absolute atomic E-state index is 0.0234. The van der Waals surface area contributed by atoms with Gasteiger partial charge in [-0.25, -0.2) is 8.78 Å². The summed E-state index contributed by atoms with van der Waals surface area (Å²) in [7, 11) is 0. The van der Waals surface area contributed by atoms with Crippen molar-refractivity contribution in [3.63, 3.8) is 0 Å². The maximum absolute atomic E-state index is 14.2. The molecule has 29 heavy (non-hydrogen) atoms. The highest BCUT2D eigenvalue weighted by atomic mass is 19.1. The normalized spacial score (nSPS) is 13.1. The zero-order valence-electron chi connectivity index (χ0n) is 15.8. The van der Waals surface area contributed by atoms with Crippen LogP contribution in [0, 0.1) is 23.0 Å². The highest BCUT2D eigenvalue weighted by Crippen LogP contribution is 2.31. The molecule has 0 saturated carbocycles. The fraction of sp³-hybridized carbons (Fsp3) is 0.227. The Hall–Kier alpha value is -3.53. The van der Waals surface area contributed by atoms with Gasteiger partial charge in [-0.2, -0.15) is 10.4 Å². The average Bonchev–Trinajstić information content (AvgIpc) is 3.08. The van der Waals surface area contributed by atoms with Crippen LogP contribution in [0.1, 0.15) is 29.3 Å². The second-order valence-corrected chi connectivity index (χ2v) is 7.05. The predicted octanol–water partition coefficient (Wildman–Crippen LogP) is 3.65. The van der Waals surface area contributed by atoms with E-state index in [1.165, 1.54) is 19.1 Å². The number of benzene rings is 2. The molecule has 0 saturated heterocycles. The lowest BCUT2D eigenvalue weighted by atomic mass is 9.99. The van der Waals surface area contributed by atoms with Crippen molar-refractivity contribution in [2.75, 3.05) is 6.54 Å². The smallest absolute Gasteiger partial charge is 0.219 e. The monoisotopic (exact) mass is 392 g/mol. The van der Waals surface area contributed by atoms with Gasteiger partial charge in [0.15, 0.2) is 0 Å². The number of aromatic nitrogens is 2. The maximum atomic E-state index is 14.2. The van der Waals surface area contributed by atoms with Gasteiger partial charge in [0.25, 0.3) is 0 Å². The molecule has 3 aromatic rings. The molecule has 2 aromatic carbocycles. The van der Waals surface area contributed by atoms with Gasteiger partial charge in [0.2, 0.25) is 5.91 Å². The Bertz CT molecular complexity index is 1150. The summed E-state index contributed by atoms with van der Waals surface area (Å²) < 4.78 is 29.2. The topological polar surface area (TPSA) is 61.9 Å². The molecule has 1 amide bonds. The van der Waals surface area contributed by atoms with Crippen LogP contribution in [0.3, 0.4) is 0 Å². The number of hydrogen-bond donors (Lipinski definition) is 0. The highest BCUT2D eigenvalue weighted by Gasteiger charge is 2.27. The molecule has 7 heteroatoms. The van der Waals surface area contributed by atoms with E-state index in [1.807, 2.05) is 6.07 Å². The Morgan fingerprint density at radius 2 is 2.07 bits per heavy atom. The summed E-state index contributed by atoms with van der Waals surface area (Å²) >= 11 is 0. The Balaban J connectivity index is 1.81. The lowest BCUT2D eigenvalue weighted by Gasteiger charge is -2.27. The standard InChI is InChI=1S/C22H18F2N4O/c1-14(29)27-8-7-21-19(13-27)22(16-4-2-3-15(9-16)11-25)26-28(21)12-17-5-6-18(23)10-20(17)24/h2-6,9-10H,7-8,12-13H2,1H3. The van der Waals surface area contributed by atoms with Crippen molar-refractivity contribution >= 4 is 5.91 Å². The number of rotatable bonds is 3. The average molecular weight is 392 g/mol. The Morgan fingerprint density at radius 3 is 2.79 bits per heavy atom. The first-order valence-corrected chi connectivity index (χ1v) is 9.25. The highest BCUT2D eigenvalue weighted by molar-refractivity contribution is 5.75. The lowest BCUT2D eigenvalue weighted by Crippen LogP contribution is -2.34. The van der Waals surface area contributed by atoms with Crippen LogP contribution in [0.2, 0.25) is 0 Å². The fourth-order valence-corrected chi connectivity index (χ4v) is 3.67. The van der Waals surface area contributed by atoms with Gasteiger partial charge < -0.3 is 4.90 Å². The molecule has 146 valence electrons. The van der Waals surface area contributed by atoms with E-state index in [2.05, 4.69) is 6.07 Å². The fourth-order valence-electron chi connectivity index (χ4n) is 3.67. The first-order chi connectivity index (χ1) is 14.0. The molecular formula is C22H18F2N4O. The largest absolute Gasteiger partial charge is 0.338 e. The molecule has 0 atom stereocenters. The first kappa shape index (κ1) is 18.8. The number of carbonyl (C=O) groups excluding carboxylic acids is 1. The summed E-state index contributed by atoms with van der Waals surface area (Å²) in [6, 6.07) is 12.7. The predicted molar refractivity (Wildman–Crippen MR) is 103 cm³/mol. The van der Waals surface area contributed by atoms with Crippen molar-refractivity contribution < 1.29 is 13.6 Å². The number of nitriles is 1. The third-order valence-electron chi connectivity index (χ3n) is 5.18. The van der Waals surface area contributed by atoms with E-state index in [1.54, 1.807) is 27.8 Å². The molecule has 0 fully saturated rings. The lowest BCUT2D eigenvalue weighted by molar-refractivity contribution is -0.129. The van der Waals surface area contributed by atoms with Gasteiger partial charge in [-0.05, 0) is 18.2 Å². The van der Waals surface area contributed by atoms with Gasteiger partial charge in [-0.1, -0.05) is 18.2 Å². The van der Waals surface area contributed by atoms with Crippen LogP contribution in [0.4, 0.5) is 8.78 Å². The number of halogens is 2. The Labute approximate surface area is 166 Å². The summed E-state index contributed by atoms with van der Waals surface area (Å²) in [5.41, 5.74) is 4.10. The third kappa shape index (κ3) is 3.61. The summed E-state index contributed by atoms with van der Waals surface area (Å²) in [5.74, 6) is -1.27. The molecule has 0 radical (unpaired) electrons. The van der Waals surface area contributed by atoms with E-state index < -0.39 is 11.6 Å². The first-order valence-electron chi connectivity index (χ1n) is 9.25. The number of amides is 1. The quantitative estimate of drug-likeness (QED) is 0.684. The van der Waals surface area contributed by atoms with E-state index in [-0.39, 0.29) is 12.5 Å². The minimum atomic E-state index is -0.625. The van der Waals surface area contributed by atoms with Crippen molar-refractivity contribution in [1.29, 1.82) is 5.26 Å². The Morgan fingerprint density at radius 1 is 1.24 bits per heavy atom.